The molecular formula is C26H18Cl2N4O4. The lowest BCUT2D eigenvalue weighted by atomic mass is 10.1. The molecule has 10 heteroatoms. The fourth-order valence-corrected chi connectivity index (χ4v) is 4.06. The zero-order valence-corrected chi connectivity index (χ0v) is 20.2. The van der Waals surface area contributed by atoms with Crippen molar-refractivity contribution >= 4 is 40.1 Å². The van der Waals surface area contributed by atoms with Crippen LogP contribution in [0.25, 0.3) is 28.0 Å². The number of rotatable bonds is 6. The second kappa shape index (κ2) is 9.94. The number of nitrogens with zero attached hydrogens (tertiary/aromatic N) is 3. The molecule has 0 bridgehead atoms. The second-order valence-corrected chi connectivity index (χ2v) is 8.60. The Bertz CT molecular complexity index is 1640. The van der Waals surface area contributed by atoms with E-state index in [0.717, 1.165) is 0 Å². The Morgan fingerprint density at radius 1 is 1.08 bits per heavy atom. The van der Waals surface area contributed by atoms with Gasteiger partial charge in [0.25, 0.3) is 10.9 Å². The van der Waals surface area contributed by atoms with E-state index in [0.29, 0.717) is 38.4 Å². The van der Waals surface area contributed by atoms with Crippen LogP contribution in [0.4, 0.5) is 0 Å². The maximum Gasteiger partial charge on any atom is 0.338 e. The van der Waals surface area contributed by atoms with Crippen LogP contribution in [0.2, 0.25) is 10.4 Å². The van der Waals surface area contributed by atoms with Crippen molar-refractivity contribution in [1.82, 2.24) is 14.5 Å². The van der Waals surface area contributed by atoms with Gasteiger partial charge in [-0.1, -0.05) is 29.8 Å². The van der Waals surface area contributed by atoms with Crippen LogP contribution in [-0.2, 0) is 17.9 Å². The number of halogens is 2. The maximum atomic E-state index is 13.3. The first-order valence-electron chi connectivity index (χ1n) is 10.8. The van der Waals surface area contributed by atoms with E-state index in [9.17, 15) is 9.59 Å². The third-order valence-electron chi connectivity index (χ3n) is 5.54. The molecule has 2 N–H and O–H groups in total. The van der Waals surface area contributed by atoms with Crippen molar-refractivity contribution in [1.29, 1.82) is 0 Å². The zero-order valence-electron chi connectivity index (χ0n) is 18.7. The van der Waals surface area contributed by atoms with E-state index in [-0.39, 0.29) is 29.8 Å². The van der Waals surface area contributed by atoms with Gasteiger partial charge in [0, 0.05) is 40.5 Å². The van der Waals surface area contributed by atoms with Crippen LogP contribution in [0.5, 0.6) is 0 Å². The number of fused-ring (bicyclic) bond motifs is 1. The topological polar surface area (TPSA) is 113 Å². The van der Waals surface area contributed by atoms with Crippen LogP contribution < -0.4 is 11.3 Å². The van der Waals surface area contributed by atoms with Crippen molar-refractivity contribution in [2.45, 2.75) is 13.2 Å². The highest BCUT2D eigenvalue weighted by molar-refractivity contribution is 6.30. The number of hydrogen-bond donors (Lipinski definition) is 1. The molecule has 0 radical (unpaired) electrons. The average molecular weight is 521 g/mol. The molecule has 2 aromatic carbocycles. The molecule has 0 aliphatic heterocycles. The summed E-state index contributed by atoms with van der Waals surface area (Å²) in [5.41, 5.74) is 7.90. The molecule has 0 atom stereocenters. The van der Waals surface area contributed by atoms with E-state index in [1.54, 1.807) is 60.8 Å². The highest BCUT2D eigenvalue weighted by Crippen LogP contribution is 2.30. The quantitative estimate of drug-likeness (QED) is 0.307. The Hall–Kier alpha value is -3.98. The van der Waals surface area contributed by atoms with Crippen LogP contribution in [0.3, 0.4) is 0 Å². The minimum Gasteiger partial charge on any atom is -0.457 e. The van der Waals surface area contributed by atoms with Crippen molar-refractivity contribution in [3.05, 3.63) is 110 Å². The summed E-state index contributed by atoms with van der Waals surface area (Å²) in [6.07, 6.45) is 3.05. The molecule has 0 aliphatic carbocycles. The van der Waals surface area contributed by atoms with Gasteiger partial charge < -0.3 is 14.9 Å². The number of oxazole rings is 1. The van der Waals surface area contributed by atoms with Crippen molar-refractivity contribution in [2.24, 2.45) is 5.73 Å². The monoisotopic (exact) mass is 520 g/mol. The fourth-order valence-electron chi connectivity index (χ4n) is 3.78. The number of carbonyl (C=O) groups is 1. The van der Waals surface area contributed by atoms with Crippen molar-refractivity contribution in [3.8, 4) is 17.1 Å². The van der Waals surface area contributed by atoms with Gasteiger partial charge in [-0.3, -0.25) is 9.36 Å². The minimum atomic E-state index is -0.482. The van der Waals surface area contributed by atoms with Gasteiger partial charge >= 0.3 is 5.97 Å². The van der Waals surface area contributed by atoms with E-state index in [2.05, 4.69) is 9.97 Å². The Balaban J connectivity index is 1.43. The highest BCUT2D eigenvalue weighted by Gasteiger charge is 2.19. The molecule has 0 unspecified atom stereocenters. The Labute approximate surface area is 214 Å². The van der Waals surface area contributed by atoms with Crippen LogP contribution in [0, 0.1) is 0 Å². The maximum absolute atomic E-state index is 13.3. The molecule has 0 fully saturated rings. The summed E-state index contributed by atoms with van der Waals surface area (Å²) in [5, 5.41) is 1.03. The first kappa shape index (κ1) is 23.7. The molecule has 3 aromatic heterocycles. The summed E-state index contributed by atoms with van der Waals surface area (Å²) < 4.78 is 12.3. The largest absolute Gasteiger partial charge is 0.457 e. The van der Waals surface area contributed by atoms with Crippen LogP contribution in [0.1, 0.15) is 21.5 Å². The highest BCUT2D eigenvalue weighted by atomic mass is 35.5. The average Bonchev–Trinajstić information content (AvgIpc) is 3.29. The molecule has 8 nitrogen and oxygen atoms in total. The van der Waals surface area contributed by atoms with E-state index in [1.165, 1.54) is 10.8 Å². The van der Waals surface area contributed by atoms with E-state index >= 15 is 0 Å². The van der Waals surface area contributed by atoms with Crippen LogP contribution >= 0.6 is 23.2 Å². The zero-order chi connectivity index (χ0) is 25.2. The molecular weight excluding hydrogens is 503 g/mol. The SMILES string of the molecule is NCc1ccccc1C(=O)OCc1cnc2c(=O)n(-c3nc(Cl)oc3-c3ccc(Cl)cc3)ccc2c1. The predicted molar refractivity (Wildman–Crippen MR) is 136 cm³/mol. The predicted octanol–water partition coefficient (Wildman–Crippen LogP) is 5.16. The van der Waals surface area contributed by atoms with Crippen LogP contribution in [0.15, 0.2) is 82.3 Å². The van der Waals surface area contributed by atoms with E-state index in [1.807, 2.05) is 6.07 Å². The van der Waals surface area contributed by atoms with E-state index in [4.69, 9.17) is 38.1 Å². The van der Waals surface area contributed by atoms with Crippen LogP contribution in [-0.4, -0.2) is 20.5 Å². The lowest BCUT2D eigenvalue weighted by Crippen LogP contribution is -2.19. The Morgan fingerprint density at radius 2 is 1.86 bits per heavy atom. The summed E-state index contributed by atoms with van der Waals surface area (Å²) in [6.45, 7) is 0.217. The van der Waals surface area contributed by atoms with Gasteiger partial charge in [0.2, 0.25) is 0 Å². The van der Waals surface area contributed by atoms with Crippen molar-refractivity contribution in [3.63, 3.8) is 0 Å². The summed E-state index contributed by atoms with van der Waals surface area (Å²) in [4.78, 5) is 34.3. The standard InChI is InChI=1S/C26H18Cl2N4O4/c27-19-7-5-16(6-8-19)22-23(31-26(28)36-22)32-10-9-17-11-15(13-30-21(17)24(32)33)14-35-25(34)20-4-2-1-3-18(20)12-29/h1-11,13H,12,14,29H2. The van der Waals surface area contributed by atoms with Crippen molar-refractivity contribution < 1.29 is 13.9 Å². The minimum absolute atomic E-state index is 0.0105. The number of aromatic nitrogens is 3. The van der Waals surface area contributed by atoms with Gasteiger partial charge in [0.05, 0.1) is 5.56 Å². The number of benzene rings is 2. The van der Waals surface area contributed by atoms with Gasteiger partial charge in [0.15, 0.2) is 11.6 Å². The van der Waals surface area contributed by atoms with Gasteiger partial charge in [0.1, 0.15) is 12.1 Å². The Morgan fingerprint density at radius 3 is 2.64 bits per heavy atom. The number of ether oxygens (including phenoxy) is 1. The molecule has 180 valence electrons. The van der Waals surface area contributed by atoms with Gasteiger partial charge in [-0.15, -0.1) is 0 Å². The number of esters is 1. The first-order valence-corrected chi connectivity index (χ1v) is 11.6. The van der Waals surface area contributed by atoms with Gasteiger partial charge in [-0.25, -0.2) is 9.78 Å². The van der Waals surface area contributed by atoms with Crippen molar-refractivity contribution in [2.75, 3.05) is 0 Å². The summed E-state index contributed by atoms with van der Waals surface area (Å²) >= 11 is 12.0. The molecule has 5 aromatic rings. The first-order chi connectivity index (χ1) is 17.4. The molecule has 0 aliphatic rings. The molecule has 36 heavy (non-hydrogen) atoms. The molecule has 3 heterocycles. The lowest BCUT2D eigenvalue weighted by Gasteiger charge is -2.09. The summed E-state index contributed by atoms with van der Waals surface area (Å²) in [6, 6.07) is 17.3. The number of nitrogens with two attached hydrogens (primary N) is 1. The van der Waals surface area contributed by atoms with Gasteiger partial charge in [-0.05, 0) is 59.6 Å². The number of hydrogen-bond acceptors (Lipinski definition) is 7. The molecule has 0 saturated carbocycles. The summed E-state index contributed by atoms with van der Waals surface area (Å²) in [7, 11) is 0. The Kier molecular flexibility index (Phi) is 6.56. The number of pyridine rings is 2. The normalized spacial score (nSPS) is 11.1. The molecule has 5 rings (SSSR count). The fraction of sp³-hybridized carbons (Fsp3) is 0.0769. The molecule has 0 amide bonds. The lowest BCUT2D eigenvalue weighted by molar-refractivity contribution is 0.0471. The van der Waals surface area contributed by atoms with E-state index < -0.39 is 11.5 Å². The molecule has 0 saturated heterocycles. The molecule has 0 spiro atoms. The third kappa shape index (κ3) is 4.61. The second-order valence-electron chi connectivity index (χ2n) is 7.84. The number of carbonyl (C=O) groups excluding carboxylic acids is 1. The summed E-state index contributed by atoms with van der Waals surface area (Å²) in [5.74, 6) is 0.0659. The smallest absolute Gasteiger partial charge is 0.338 e. The third-order valence-corrected chi connectivity index (χ3v) is 5.96. The van der Waals surface area contributed by atoms with Gasteiger partial charge in [-0.2, -0.15) is 4.98 Å².